The molecule has 1 spiro atoms. The summed E-state index contributed by atoms with van der Waals surface area (Å²) in [5.74, 6) is 0.696. The van der Waals surface area contributed by atoms with Crippen LogP contribution < -0.4 is 10.6 Å². The zero-order valence-electron chi connectivity index (χ0n) is 18.5. The Hall–Kier alpha value is -2.90. The Labute approximate surface area is 182 Å². The fourth-order valence-electron chi connectivity index (χ4n) is 4.78. The summed E-state index contributed by atoms with van der Waals surface area (Å²) in [4.78, 5) is 46.6. The quantitative estimate of drug-likeness (QED) is 0.640. The lowest BCUT2D eigenvalue weighted by atomic mass is 9.67. The second kappa shape index (κ2) is 7.98. The van der Waals surface area contributed by atoms with Crippen LogP contribution in [0.1, 0.15) is 52.3 Å². The van der Waals surface area contributed by atoms with Crippen molar-refractivity contribution in [1.29, 1.82) is 0 Å². The van der Waals surface area contributed by atoms with E-state index in [0.717, 1.165) is 34.6 Å². The van der Waals surface area contributed by atoms with Crippen molar-refractivity contribution in [1.82, 2.24) is 25.5 Å². The molecule has 31 heavy (non-hydrogen) atoms. The third-order valence-corrected chi connectivity index (χ3v) is 6.73. The number of hydrogen-bond acceptors (Lipinski definition) is 4. The summed E-state index contributed by atoms with van der Waals surface area (Å²) in [7, 11) is 0. The van der Waals surface area contributed by atoms with Crippen molar-refractivity contribution >= 4 is 28.9 Å². The summed E-state index contributed by atoms with van der Waals surface area (Å²) >= 11 is 0. The molecule has 2 heterocycles. The number of hydrogen-bond donors (Lipinski definition) is 3. The molecule has 3 N–H and O–H groups in total. The van der Waals surface area contributed by atoms with Crippen LogP contribution in [0.2, 0.25) is 0 Å². The molecular formula is C23H31N5O3. The predicted molar refractivity (Wildman–Crippen MR) is 117 cm³/mol. The number of imidazole rings is 1. The number of carbonyl (C=O) groups excluding carboxylic acids is 3. The van der Waals surface area contributed by atoms with Gasteiger partial charge in [0.1, 0.15) is 17.9 Å². The van der Waals surface area contributed by atoms with Crippen LogP contribution in [0.5, 0.6) is 0 Å². The molecule has 4 rings (SSSR count). The Morgan fingerprint density at radius 1 is 1.23 bits per heavy atom. The fraction of sp³-hybridized carbons (Fsp3) is 0.565. The van der Waals surface area contributed by atoms with Gasteiger partial charge in [-0.25, -0.2) is 9.78 Å². The number of benzene rings is 1. The predicted octanol–water partition coefficient (Wildman–Crippen LogP) is 2.75. The first-order chi connectivity index (χ1) is 14.7. The zero-order valence-corrected chi connectivity index (χ0v) is 18.5. The summed E-state index contributed by atoms with van der Waals surface area (Å²) in [6.45, 7) is 6.77. The van der Waals surface area contributed by atoms with Crippen LogP contribution in [0.3, 0.4) is 0 Å². The Balaban J connectivity index is 1.29. The highest BCUT2D eigenvalue weighted by Crippen LogP contribution is 2.43. The summed E-state index contributed by atoms with van der Waals surface area (Å²) in [6, 6.07) is 7.27. The average Bonchev–Trinajstić information content (AvgIpc) is 3.22. The molecule has 1 aliphatic heterocycles. The minimum absolute atomic E-state index is 0.187. The van der Waals surface area contributed by atoms with Crippen molar-refractivity contribution in [2.24, 2.45) is 11.3 Å². The van der Waals surface area contributed by atoms with E-state index in [9.17, 15) is 14.4 Å². The number of fused-ring (bicyclic) bond motifs is 1. The summed E-state index contributed by atoms with van der Waals surface area (Å²) in [6.07, 6.45) is 3.59. The normalized spacial score (nSPS) is 24.1. The van der Waals surface area contributed by atoms with Gasteiger partial charge in [-0.2, -0.15) is 0 Å². The number of H-pyrrole nitrogens is 1. The maximum atomic E-state index is 13.0. The van der Waals surface area contributed by atoms with Crippen LogP contribution in [0.25, 0.3) is 11.0 Å². The van der Waals surface area contributed by atoms with Gasteiger partial charge < -0.3 is 15.6 Å². The number of nitrogens with zero attached hydrogens (tertiary/aromatic N) is 2. The molecule has 1 aliphatic carbocycles. The maximum absolute atomic E-state index is 13.0. The summed E-state index contributed by atoms with van der Waals surface area (Å²) in [5.41, 5.74) is 1.18. The van der Waals surface area contributed by atoms with E-state index in [-0.39, 0.29) is 23.8 Å². The van der Waals surface area contributed by atoms with E-state index in [4.69, 9.17) is 0 Å². The maximum Gasteiger partial charge on any atom is 0.325 e. The molecule has 0 radical (unpaired) electrons. The molecular weight excluding hydrogens is 394 g/mol. The van der Waals surface area contributed by atoms with Gasteiger partial charge in [-0.15, -0.1) is 0 Å². The molecule has 0 unspecified atom stereocenters. The molecule has 0 atom stereocenters. The van der Waals surface area contributed by atoms with Gasteiger partial charge in [0.25, 0.3) is 5.91 Å². The highest BCUT2D eigenvalue weighted by Gasteiger charge is 2.53. The minimum atomic E-state index is -0.840. The van der Waals surface area contributed by atoms with E-state index in [0.29, 0.717) is 31.7 Å². The molecule has 1 saturated carbocycles. The highest BCUT2D eigenvalue weighted by molar-refractivity contribution is 6.09. The monoisotopic (exact) mass is 425 g/mol. The molecule has 2 fully saturated rings. The number of imide groups is 1. The van der Waals surface area contributed by atoms with E-state index < -0.39 is 11.6 Å². The van der Waals surface area contributed by atoms with E-state index in [1.165, 1.54) is 0 Å². The van der Waals surface area contributed by atoms with Crippen LogP contribution in [-0.4, -0.2) is 51.3 Å². The minimum Gasteiger partial charge on any atom is -0.354 e. The van der Waals surface area contributed by atoms with Gasteiger partial charge in [-0.1, -0.05) is 32.9 Å². The van der Waals surface area contributed by atoms with Gasteiger partial charge in [-0.3, -0.25) is 14.5 Å². The number of aromatic amines is 1. The Bertz CT molecular complexity index is 965. The lowest BCUT2D eigenvalue weighted by Crippen LogP contribution is -2.51. The number of carbonyl (C=O) groups is 3. The topological polar surface area (TPSA) is 107 Å². The van der Waals surface area contributed by atoms with Gasteiger partial charge in [0.15, 0.2) is 0 Å². The highest BCUT2D eigenvalue weighted by atomic mass is 16.2. The lowest BCUT2D eigenvalue weighted by Gasteiger charge is -2.40. The van der Waals surface area contributed by atoms with Gasteiger partial charge in [0, 0.05) is 13.0 Å². The average molecular weight is 426 g/mol. The molecule has 166 valence electrons. The second-order valence-corrected chi connectivity index (χ2v) is 9.84. The second-order valence-electron chi connectivity index (χ2n) is 9.84. The zero-order chi connectivity index (χ0) is 22.2. The molecule has 1 aromatic carbocycles. The molecule has 4 amide bonds. The number of aromatic nitrogens is 2. The van der Waals surface area contributed by atoms with Crippen molar-refractivity contribution in [2.45, 2.75) is 58.4 Å². The number of nitrogens with one attached hydrogen (secondary N) is 3. The van der Waals surface area contributed by atoms with Crippen molar-refractivity contribution in [3.8, 4) is 0 Å². The number of para-hydroxylation sites is 2. The fourth-order valence-corrected chi connectivity index (χ4v) is 4.78. The standard InChI is InChI=1S/C23H31N5O3/c1-22(2,3)15-8-11-23(12-9-15)20(30)28(21(31)27-23)14-19(29)24-13-10-18-25-16-6-4-5-7-17(16)26-18/h4-7,15H,8-14H2,1-3H3,(H,24,29)(H,25,26)(H,27,31). The van der Waals surface area contributed by atoms with Crippen molar-refractivity contribution in [3.05, 3.63) is 30.1 Å². The first-order valence-corrected chi connectivity index (χ1v) is 11.0. The van der Waals surface area contributed by atoms with E-state index in [1.54, 1.807) is 0 Å². The van der Waals surface area contributed by atoms with Crippen molar-refractivity contribution < 1.29 is 14.4 Å². The smallest absolute Gasteiger partial charge is 0.325 e. The van der Waals surface area contributed by atoms with Gasteiger partial charge in [-0.05, 0) is 49.1 Å². The molecule has 1 aromatic heterocycles. The van der Waals surface area contributed by atoms with Crippen LogP contribution in [0.15, 0.2) is 24.3 Å². The SMILES string of the molecule is CC(C)(C)C1CCC2(CC1)NC(=O)N(CC(=O)NCCc1nc3ccccc3[nH]1)C2=O. The first kappa shape index (κ1) is 21.3. The van der Waals surface area contributed by atoms with Crippen LogP contribution in [0, 0.1) is 11.3 Å². The molecule has 2 aliphatic rings. The first-order valence-electron chi connectivity index (χ1n) is 11.0. The van der Waals surface area contributed by atoms with Crippen molar-refractivity contribution in [2.75, 3.05) is 13.1 Å². The van der Waals surface area contributed by atoms with E-state index >= 15 is 0 Å². The number of rotatable bonds is 5. The molecule has 1 saturated heterocycles. The van der Waals surface area contributed by atoms with Crippen LogP contribution >= 0.6 is 0 Å². The Kier molecular flexibility index (Phi) is 5.49. The molecule has 2 aromatic rings. The van der Waals surface area contributed by atoms with Crippen LogP contribution in [-0.2, 0) is 16.0 Å². The Morgan fingerprint density at radius 3 is 2.61 bits per heavy atom. The molecule has 0 bridgehead atoms. The lowest BCUT2D eigenvalue weighted by molar-refractivity contribution is -0.136. The summed E-state index contributed by atoms with van der Waals surface area (Å²) in [5, 5.41) is 5.67. The number of urea groups is 1. The molecule has 8 nitrogen and oxygen atoms in total. The van der Waals surface area contributed by atoms with E-state index in [1.807, 2.05) is 24.3 Å². The summed E-state index contributed by atoms with van der Waals surface area (Å²) < 4.78 is 0. The van der Waals surface area contributed by atoms with Gasteiger partial charge >= 0.3 is 6.03 Å². The van der Waals surface area contributed by atoms with Crippen LogP contribution in [0.4, 0.5) is 4.79 Å². The third-order valence-electron chi connectivity index (χ3n) is 6.73. The Morgan fingerprint density at radius 2 is 1.94 bits per heavy atom. The molecule has 8 heteroatoms. The van der Waals surface area contributed by atoms with Gasteiger partial charge in [0.2, 0.25) is 5.91 Å². The largest absolute Gasteiger partial charge is 0.354 e. The number of amides is 4. The van der Waals surface area contributed by atoms with E-state index in [2.05, 4.69) is 41.4 Å². The third kappa shape index (κ3) is 4.29. The van der Waals surface area contributed by atoms with Gasteiger partial charge in [0.05, 0.1) is 11.0 Å². The van der Waals surface area contributed by atoms with Crippen molar-refractivity contribution in [3.63, 3.8) is 0 Å².